The highest BCUT2D eigenvalue weighted by Gasteiger charge is 2.36. The van der Waals surface area contributed by atoms with Gasteiger partial charge in [-0.3, -0.25) is 0 Å². The molecule has 2 aromatic rings. The fourth-order valence-corrected chi connectivity index (χ4v) is 2.60. The number of carbonyl (C=O) groups is 1. The number of rotatable bonds is 6. The van der Waals surface area contributed by atoms with Crippen LogP contribution in [0.2, 0.25) is 0 Å². The summed E-state index contributed by atoms with van der Waals surface area (Å²) in [5, 5.41) is 13.3. The molecular formula is C19H19NO5. The lowest BCUT2D eigenvalue weighted by Crippen LogP contribution is -2.33. The van der Waals surface area contributed by atoms with Gasteiger partial charge in [-0.05, 0) is 30.7 Å². The van der Waals surface area contributed by atoms with Gasteiger partial charge >= 0.3 is 5.97 Å². The smallest absolute Gasteiger partial charge is 0.335 e. The molecule has 0 amide bonds. The molecule has 6 heteroatoms. The maximum Gasteiger partial charge on any atom is 0.335 e. The molecule has 1 heterocycles. The molecule has 25 heavy (non-hydrogen) atoms. The predicted molar refractivity (Wildman–Crippen MR) is 92.5 cm³/mol. The quantitative estimate of drug-likeness (QED) is 0.872. The lowest BCUT2D eigenvalue weighted by Gasteiger charge is -2.22. The molecule has 1 aliphatic rings. The third-order valence-electron chi connectivity index (χ3n) is 3.97. The van der Waals surface area contributed by atoms with Crippen molar-refractivity contribution in [1.82, 2.24) is 0 Å². The van der Waals surface area contributed by atoms with Crippen LogP contribution in [-0.4, -0.2) is 36.1 Å². The Hall–Kier alpha value is -3.02. The molecule has 0 radical (unpaired) electrons. The molecule has 1 atom stereocenters. The Labute approximate surface area is 145 Å². The van der Waals surface area contributed by atoms with Crippen LogP contribution in [0.15, 0.2) is 53.7 Å². The lowest BCUT2D eigenvalue weighted by molar-refractivity contribution is -0.0361. The van der Waals surface area contributed by atoms with Crippen molar-refractivity contribution in [2.24, 2.45) is 5.16 Å². The lowest BCUT2D eigenvalue weighted by atomic mass is 9.97. The van der Waals surface area contributed by atoms with Crippen LogP contribution in [0.5, 0.6) is 11.5 Å². The van der Waals surface area contributed by atoms with Crippen molar-refractivity contribution in [2.45, 2.75) is 18.9 Å². The van der Waals surface area contributed by atoms with Gasteiger partial charge in [0, 0.05) is 6.42 Å². The van der Waals surface area contributed by atoms with Gasteiger partial charge in [0.15, 0.2) is 17.1 Å². The second-order valence-electron chi connectivity index (χ2n) is 6.08. The van der Waals surface area contributed by atoms with E-state index in [4.69, 9.17) is 19.4 Å². The van der Waals surface area contributed by atoms with Gasteiger partial charge < -0.3 is 19.4 Å². The van der Waals surface area contributed by atoms with Gasteiger partial charge in [0.05, 0.1) is 18.4 Å². The summed E-state index contributed by atoms with van der Waals surface area (Å²) in [4.78, 5) is 16.7. The second-order valence-corrected chi connectivity index (χ2v) is 6.08. The molecule has 130 valence electrons. The van der Waals surface area contributed by atoms with Crippen LogP contribution in [0.1, 0.15) is 29.3 Å². The molecule has 0 saturated carbocycles. The van der Waals surface area contributed by atoms with E-state index in [1.807, 2.05) is 37.3 Å². The fraction of sp³-hybridized carbons (Fsp3) is 0.263. The first-order chi connectivity index (χ1) is 12.0. The average Bonchev–Trinajstić information content (AvgIpc) is 3.03. The second kappa shape index (κ2) is 6.84. The van der Waals surface area contributed by atoms with E-state index in [0.29, 0.717) is 17.9 Å². The summed E-state index contributed by atoms with van der Waals surface area (Å²) in [6.45, 7) is 2.12. The highest BCUT2D eigenvalue weighted by Crippen LogP contribution is 2.32. The normalized spacial score (nSPS) is 19.0. The van der Waals surface area contributed by atoms with E-state index in [-0.39, 0.29) is 12.2 Å². The summed E-state index contributed by atoms with van der Waals surface area (Å²) in [6, 6.07) is 14.3. The number of aromatic carboxylic acids is 1. The number of ether oxygens (including phenoxy) is 2. The average molecular weight is 341 g/mol. The SMILES string of the molecule is COc1ccc(C(=O)O)cc1OCC1(C)CC(c2ccccc2)=NO1. The summed E-state index contributed by atoms with van der Waals surface area (Å²) in [5.74, 6) is -0.193. The first-order valence-corrected chi connectivity index (χ1v) is 7.85. The van der Waals surface area contributed by atoms with Gasteiger partial charge in [-0.25, -0.2) is 4.79 Å². The molecule has 1 N–H and O–H groups in total. The molecule has 0 aliphatic carbocycles. The van der Waals surface area contributed by atoms with E-state index in [1.165, 1.54) is 19.2 Å². The van der Waals surface area contributed by atoms with Gasteiger partial charge in [0.25, 0.3) is 0 Å². The van der Waals surface area contributed by atoms with Gasteiger partial charge in [-0.2, -0.15) is 0 Å². The van der Waals surface area contributed by atoms with Crippen molar-refractivity contribution in [1.29, 1.82) is 0 Å². The molecule has 3 rings (SSSR count). The zero-order valence-electron chi connectivity index (χ0n) is 14.1. The van der Waals surface area contributed by atoms with Crippen LogP contribution >= 0.6 is 0 Å². The summed E-state index contributed by atoms with van der Waals surface area (Å²) >= 11 is 0. The zero-order valence-corrected chi connectivity index (χ0v) is 14.1. The number of methoxy groups -OCH3 is 1. The summed E-state index contributed by atoms with van der Waals surface area (Å²) in [6.07, 6.45) is 0.595. The van der Waals surface area contributed by atoms with Gasteiger partial charge in [-0.15, -0.1) is 0 Å². The number of carboxylic acids is 1. The van der Waals surface area contributed by atoms with E-state index in [1.54, 1.807) is 6.07 Å². The Morgan fingerprint density at radius 1 is 1.24 bits per heavy atom. The highest BCUT2D eigenvalue weighted by atomic mass is 16.7. The van der Waals surface area contributed by atoms with Crippen molar-refractivity contribution in [3.05, 3.63) is 59.7 Å². The molecule has 0 bridgehead atoms. The van der Waals surface area contributed by atoms with Crippen molar-refractivity contribution in [3.63, 3.8) is 0 Å². The largest absolute Gasteiger partial charge is 0.493 e. The Bertz CT molecular complexity index is 803. The number of oxime groups is 1. The monoisotopic (exact) mass is 341 g/mol. The number of benzene rings is 2. The molecule has 0 spiro atoms. The Morgan fingerprint density at radius 3 is 2.68 bits per heavy atom. The maximum atomic E-state index is 11.1. The number of hydrogen-bond donors (Lipinski definition) is 1. The van der Waals surface area contributed by atoms with Crippen LogP contribution in [0.4, 0.5) is 0 Å². The molecular weight excluding hydrogens is 322 g/mol. The number of hydrogen-bond acceptors (Lipinski definition) is 5. The van der Waals surface area contributed by atoms with Crippen LogP contribution in [0.25, 0.3) is 0 Å². The number of nitrogens with zero attached hydrogens (tertiary/aromatic N) is 1. The Kier molecular flexibility index (Phi) is 4.61. The zero-order chi connectivity index (χ0) is 17.9. The van der Waals surface area contributed by atoms with Gasteiger partial charge in [-0.1, -0.05) is 35.5 Å². The topological polar surface area (TPSA) is 77.4 Å². The minimum absolute atomic E-state index is 0.134. The summed E-state index contributed by atoms with van der Waals surface area (Å²) in [7, 11) is 1.51. The van der Waals surface area contributed by atoms with E-state index >= 15 is 0 Å². The third-order valence-corrected chi connectivity index (χ3v) is 3.97. The molecule has 0 aromatic heterocycles. The van der Waals surface area contributed by atoms with E-state index < -0.39 is 11.6 Å². The summed E-state index contributed by atoms with van der Waals surface area (Å²) < 4.78 is 11.0. The maximum absolute atomic E-state index is 11.1. The van der Waals surface area contributed by atoms with Crippen LogP contribution in [0.3, 0.4) is 0 Å². The molecule has 0 saturated heterocycles. The first-order valence-electron chi connectivity index (χ1n) is 7.85. The minimum atomic E-state index is -1.02. The molecule has 2 aromatic carbocycles. The van der Waals surface area contributed by atoms with Crippen molar-refractivity contribution in [3.8, 4) is 11.5 Å². The number of carboxylic acid groups (broad SMARTS) is 1. The molecule has 0 fully saturated rings. The van der Waals surface area contributed by atoms with Crippen molar-refractivity contribution >= 4 is 11.7 Å². The van der Waals surface area contributed by atoms with Crippen molar-refractivity contribution in [2.75, 3.05) is 13.7 Å². The van der Waals surface area contributed by atoms with E-state index in [2.05, 4.69) is 5.16 Å². The predicted octanol–water partition coefficient (Wildman–Crippen LogP) is 3.36. The fourth-order valence-electron chi connectivity index (χ4n) is 2.60. The van der Waals surface area contributed by atoms with Gasteiger partial charge in [0.1, 0.15) is 6.61 Å². The highest BCUT2D eigenvalue weighted by molar-refractivity contribution is 6.01. The van der Waals surface area contributed by atoms with Gasteiger partial charge in [0.2, 0.25) is 0 Å². The van der Waals surface area contributed by atoms with Crippen LogP contribution in [-0.2, 0) is 4.84 Å². The van der Waals surface area contributed by atoms with E-state index in [0.717, 1.165) is 11.3 Å². The van der Waals surface area contributed by atoms with E-state index in [9.17, 15) is 4.79 Å². The van der Waals surface area contributed by atoms with Crippen molar-refractivity contribution < 1.29 is 24.2 Å². The minimum Gasteiger partial charge on any atom is -0.493 e. The van der Waals surface area contributed by atoms with Crippen LogP contribution in [0, 0.1) is 0 Å². The molecule has 6 nitrogen and oxygen atoms in total. The Balaban J connectivity index is 1.70. The Morgan fingerprint density at radius 2 is 2.00 bits per heavy atom. The van der Waals surface area contributed by atoms with Crippen LogP contribution < -0.4 is 9.47 Å². The first kappa shape index (κ1) is 16.8. The molecule has 1 aliphatic heterocycles. The third kappa shape index (κ3) is 3.74. The molecule has 1 unspecified atom stereocenters. The standard InChI is InChI=1S/C19H19NO5/c1-19(11-15(20-25-19)13-6-4-3-5-7-13)12-24-17-10-14(18(21)22)8-9-16(17)23-2/h3-10H,11-12H2,1-2H3,(H,21,22). The summed E-state index contributed by atoms with van der Waals surface area (Å²) in [5.41, 5.74) is 1.37.